The molecular formula is C19H20N6O. The largest absolute Gasteiger partial charge is 0.322 e. The smallest absolute Gasteiger partial charge is 0.170 e. The van der Waals surface area contributed by atoms with Crippen LogP contribution in [0, 0.1) is 0 Å². The number of pyridine rings is 1. The molecule has 7 nitrogen and oxygen atoms in total. The molecule has 0 bridgehead atoms. The van der Waals surface area contributed by atoms with Crippen LogP contribution in [0.3, 0.4) is 0 Å². The summed E-state index contributed by atoms with van der Waals surface area (Å²) in [5.41, 5.74) is 5.91. The third-order valence-corrected chi connectivity index (χ3v) is 4.37. The topological polar surface area (TPSA) is 81.7 Å². The van der Waals surface area contributed by atoms with E-state index in [4.69, 9.17) is 9.61 Å². The van der Waals surface area contributed by atoms with Gasteiger partial charge in [0, 0.05) is 24.8 Å². The summed E-state index contributed by atoms with van der Waals surface area (Å²) in [6.07, 6.45) is 5.26. The van der Waals surface area contributed by atoms with Gasteiger partial charge in [-0.25, -0.2) is 9.61 Å². The van der Waals surface area contributed by atoms with Gasteiger partial charge >= 0.3 is 0 Å². The highest BCUT2D eigenvalue weighted by molar-refractivity contribution is 5.93. The monoisotopic (exact) mass is 348 g/mol. The van der Waals surface area contributed by atoms with E-state index < -0.39 is 0 Å². The maximum absolute atomic E-state index is 4.76. The van der Waals surface area contributed by atoms with Crippen molar-refractivity contribution in [1.29, 1.82) is 0 Å². The highest BCUT2D eigenvalue weighted by Crippen LogP contribution is 2.31. The van der Waals surface area contributed by atoms with E-state index >= 15 is 0 Å². The fourth-order valence-electron chi connectivity index (χ4n) is 3.18. The lowest BCUT2D eigenvalue weighted by molar-refractivity contribution is 0.308. The average molecular weight is 348 g/mol. The van der Waals surface area contributed by atoms with Crippen LogP contribution < -0.4 is 5.32 Å². The van der Waals surface area contributed by atoms with Crippen molar-refractivity contribution >= 4 is 11.0 Å². The van der Waals surface area contributed by atoms with E-state index in [0.717, 1.165) is 47.6 Å². The number of aromatic nitrogens is 5. The van der Waals surface area contributed by atoms with E-state index in [1.165, 1.54) is 5.56 Å². The van der Waals surface area contributed by atoms with Gasteiger partial charge in [-0.2, -0.15) is 0 Å². The molecule has 1 aromatic carbocycles. The Kier molecular flexibility index (Phi) is 4.45. The molecule has 132 valence electrons. The number of fused-ring (bicyclic) bond motifs is 1. The number of hydrogen-bond acceptors (Lipinski definition) is 6. The minimum absolute atomic E-state index is 0.620. The molecular weight excluding hydrogens is 328 g/mol. The van der Waals surface area contributed by atoms with Crippen molar-refractivity contribution in [3.8, 4) is 22.6 Å². The van der Waals surface area contributed by atoms with Gasteiger partial charge in [-0.15, -0.1) is 0 Å². The third kappa shape index (κ3) is 2.86. The Morgan fingerprint density at radius 1 is 1.15 bits per heavy atom. The van der Waals surface area contributed by atoms with E-state index in [2.05, 4.69) is 63.3 Å². The third-order valence-electron chi connectivity index (χ3n) is 4.37. The number of imidazole rings is 1. The fourth-order valence-corrected chi connectivity index (χ4v) is 3.18. The maximum atomic E-state index is 4.76. The predicted octanol–water partition coefficient (Wildman–Crippen LogP) is 3.28. The first-order valence-electron chi connectivity index (χ1n) is 8.74. The quantitative estimate of drug-likeness (QED) is 0.576. The second-order valence-corrected chi connectivity index (χ2v) is 6.01. The Hall–Kier alpha value is -3.06. The molecule has 0 spiro atoms. The highest BCUT2D eigenvalue weighted by atomic mass is 16.6. The van der Waals surface area contributed by atoms with Crippen molar-refractivity contribution in [3.05, 3.63) is 48.4 Å². The molecule has 0 aliphatic rings. The number of nitrogens with zero attached hydrogens (tertiary/aromatic N) is 5. The normalized spacial score (nSPS) is 11.3. The van der Waals surface area contributed by atoms with E-state index in [1.807, 2.05) is 6.20 Å². The highest BCUT2D eigenvalue weighted by Gasteiger charge is 2.18. The molecule has 0 saturated heterocycles. The van der Waals surface area contributed by atoms with Gasteiger partial charge in [0.15, 0.2) is 11.5 Å². The summed E-state index contributed by atoms with van der Waals surface area (Å²) < 4.78 is 6.88. The van der Waals surface area contributed by atoms with Gasteiger partial charge in [0.1, 0.15) is 11.7 Å². The molecule has 0 atom stereocenters. The number of benzene rings is 1. The van der Waals surface area contributed by atoms with Crippen molar-refractivity contribution in [1.82, 2.24) is 30.2 Å². The second kappa shape index (κ2) is 7.05. The zero-order chi connectivity index (χ0) is 17.9. The summed E-state index contributed by atoms with van der Waals surface area (Å²) in [6.45, 7) is 6.74. The van der Waals surface area contributed by atoms with Crippen LogP contribution in [0.4, 0.5) is 0 Å². The molecule has 0 unspecified atom stereocenters. The summed E-state index contributed by atoms with van der Waals surface area (Å²) in [4.78, 5) is 9.11. The van der Waals surface area contributed by atoms with Gasteiger partial charge in [0.05, 0.1) is 11.7 Å². The number of aryl methyl sites for hydroxylation is 1. The van der Waals surface area contributed by atoms with Crippen molar-refractivity contribution < 1.29 is 4.63 Å². The van der Waals surface area contributed by atoms with Crippen LogP contribution in [0.5, 0.6) is 0 Å². The van der Waals surface area contributed by atoms with Gasteiger partial charge in [0.25, 0.3) is 0 Å². The van der Waals surface area contributed by atoms with E-state index in [1.54, 1.807) is 12.4 Å². The lowest BCUT2D eigenvalue weighted by Crippen LogP contribution is -2.11. The molecule has 0 radical (unpaired) electrons. The molecule has 0 aliphatic carbocycles. The molecule has 1 N–H and O–H groups in total. The average Bonchev–Trinajstić information content (AvgIpc) is 3.33. The van der Waals surface area contributed by atoms with Crippen molar-refractivity contribution in [2.75, 3.05) is 6.54 Å². The van der Waals surface area contributed by atoms with E-state index in [9.17, 15) is 0 Å². The van der Waals surface area contributed by atoms with E-state index in [-0.39, 0.29) is 0 Å². The van der Waals surface area contributed by atoms with Gasteiger partial charge in [-0.05, 0) is 35.8 Å². The molecule has 0 aliphatic heterocycles. The number of rotatable bonds is 6. The summed E-state index contributed by atoms with van der Waals surface area (Å²) in [7, 11) is 0. The summed E-state index contributed by atoms with van der Waals surface area (Å²) in [5, 5.41) is 11.0. The van der Waals surface area contributed by atoms with Crippen LogP contribution in [0.2, 0.25) is 0 Å². The molecule has 3 aromatic heterocycles. The van der Waals surface area contributed by atoms with Crippen LogP contribution in [-0.2, 0) is 13.1 Å². The first kappa shape index (κ1) is 16.4. The van der Waals surface area contributed by atoms with Crippen LogP contribution in [0.15, 0.2) is 47.5 Å². The van der Waals surface area contributed by atoms with Crippen molar-refractivity contribution in [2.24, 2.45) is 0 Å². The zero-order valence-electron chi connectivity index (χ0n) is 14.8. The van der Waals surface area contributed by atoms with Gasteiger partial charge < -0.3 is 9.88 Å². The lowest BCUT2D eigenvalue weighted by atomic mass is 10.0. The molecule has 4 rings (SSSR count). The molecule has 26 heavy (non-hydrogen) atoms. The van der Waals surface area contributed by atoms with Crippen LogP contribution in [0.1, 0.15) is 19.4 Å². The van der Waals surface area contributed by atoms with Crippen molar-refractivity contribution in [3.63, 3.8) is 0 Å². The SMILES string of the molecule is CCNCc1cccc(-c2cncc3nc(-c4cnon4)n(CC)c23)c1. The summed E-state index contributed by atoms with van der Waals surface area (Å²) >= 11 is 0. The minimum atomic E-state index is 0.620. The Morgan fingerprint density at radius 2 is 2.08 bits per heavy atom. The second-order valence-electron chi connectivity index (χ2n) is 6.01. The first-order chi connectivity index (χ1) is 12.8. The Labute approximate surface area is 151 Å². The zero-order valence-corrected chi connectivity index (χ0v) is 14.8. The van der Waals surface area contributed by atoms with Crippen molar-refractivity contribution in [2.45, 2.75) is 26.9 Å². The first-order valence-corrected chi connectivity index (χ1v) is 8.74. The van der Waals surface area contributed by atoms with Gasteiger partial charge in [-0.3, -0.25) is 4.98 Å². The molecule has 4 aromatic rings. The molecule has 0 fully saturated rings. The predicted molar refractivity (Wildman–Crippen MR) is 99.3 cm³/mol. The van der Waals surface area contributed by atoms with Crippen LogP contribution >= 0.6 is 0 Å². The maximum Gasteiger partial charge on any atom is 0.170 e. The molecule has 0 amide bonds. The fraction of sp³-hybridized carbons (Fsp3) is 0.263. The molecule has 7 heteroatoms. The molecule has 3 heterocycles. The summed E-state index contributed by atoms with van der Waals surface area (Å²) in [6, 6.07) is 8.51. The number of nitrogens with one attached hydrogen (secondary N) is 1. The van der Waals surface area contributed by atoms with Crippen LogP contribution in [0.25, 0.3) is 33.7 Å². The number of hydrogen-bond donors (Lipinski definition) is 1. The Morgan fingerprint density at radius 3 is 2.85 bits per heavy atom. The van der Waals surface area contributed by atoms with Gasteiger partial charge in [-0.1, -0.05) is 30.3 Å². The lowest BCUT2D eigenvalue weighted by Gasteiger charge is -2.10. The standard InChI is InChI=1S/C19H20N6O/c1-3-20-9-13-6-5-7-14(8-13)15-10-21-11-16-18(15)25(4-2)19(23-16)17-12-22-26-24-17/h5-8,10-12,20H,3-4,9H2,1-2H3. The summed E-state index contributed by atoms with van der Waals surface area (Å²) in [5.74, 6) is 0.738. The Bertz CT molecular complexity index is 1020. The van der Waals surface area contributed by atoms with Crippen LogP contribution in [-0.4, -0.2) is 31.4 Å². The molecule has 0 saturated carbocycles. The van der Waals surface area contributed by atoms with E-state index in [0.29, 0.717) is 5.69 Å². The Balaban J connectivity index is 1.88. The van der Waals surface area contributed by atoms with Gasteiger partial charge in [0.2, 0.25) is 0 Å². The minimum Gasteiger partial charge on any atom is -0.322 e.